The van der Waals surface area contributed by atoms with Gasteiger partial charge in [-0.1, -0.05) is 28.1 Å². The number of allylic oxidation sites excluding steroid dienone is 2. The zero-order chi connectivity index (χ0) is 20.5. The van der Waals surface area contributed by atoms with E-state index in [-0.39, 0.29) is 11.7 Å². The first-order chi connectivity index (χ1) is 13.9. The monoisotopic (exact) mass is 474 g/mol. The van der Waals surface area contributed by atoms with Gasteiger partial charge >= 0.3 is 0 Å². The fourth-order valence-electron chi connectivity index (χ4n) is 3.11. The lowest BCUT2D eigenvalue weighted by molar-refractivity contribution is 0.102. The normalized spacial score (nSPS) is 18.6. The molecule has 0 fully saturated rings. The molecule has 1 heterocycles. The standard InChI is InChI=1S/C21H17BrClFN4O/c1-28-18-10-5-12(20(29)25-14-8-6-13(22)7-9-14)11-17(18)26-21(28)27-19-15(23)3-2-4-16(19)24/h2-11,15,19H,1H3,(H,25,29)(H,26,27). The summed E-state index contributed by atoms with van der Waals surface area (Å²) in [6, 6.07) is 11.9. The summed E-state index contributed by atoms with van der Waals surface area (Å²) in [7, 11) is 1.82. The van der Waals surface area contributed by atoms with E-state index in [1.165, 1.54) is 6.08 Å². The molecule has 2 N–H and O–H groups in total. The summed E-state index contributed by atoms with van der Waals surface area (Å²) in [6.07, 6.45) is 4.69. The highest BCUT2D eigenvalue weighted by atomic mass is 79.9. The van der Waals surface area contributed by atoms with Crippen LogP contribution in [0.5, 0.6) is 0 Å². The van der Waals surface area contributed by atoms with Gasteiger partial charge in [-0.15, -0.1) is 11.6 Å². The van der Waals surface area contributed by atoms with Crippen molar-refractivity contribution in [2.75, 3.05) is 10.6 Å². The smallest absolute Gasteiger partial charge is 0.255 e. The summed E-state index contributed by atoms with van der Waals surface area (Å²) >= 11 is 9.58. The topological polar surface area (TPSA) is 59.0 Å². The van der Waals surface area contributed by atoms with Crippen molar-refractivity contribution in [2.24, 2.45) is 7.05 Å². The SMILES string of the molecule is Cn1c(NC2C(F)=CC=CC2Cl)nc2cc(C(=O)Nc3ccc(Br)cc3)ccc21. The van der Waals surface area contributed by atoms with E-state index in [9.17, 15) is 9.18 Å². The predicted octanol–water partition coefficient (Wildman–Crippen LogP) is 5.40. The van der Waals surface area contributed by atoms with Crippen LogP contribution in [0.3, 0.4) is 0 Å². The second-order valence-electron chi connectivity index (χ2n) is 6.66. The number of imidazole rings is 1. The summed E-state index contributed by atoms with van der Waals surface area (Å²) in [5, 5.41) is 5.39. The first-order valence-corrected chi connectivity index (χ1v) is 10.1. The molecule has 2 aromatic carbocycles. The Morgan fingerprint density at radius 1 is 1.24 bits per heavy atom. The molecular weight excluding hydrogens is 459 g/mol. The molecule has 4 rings (SSSR count). The molecule has 0 aliphatic heterocycles. The lowest BCUT2D eigenvalue weighted by atomic mass is 10.1. The number of nitrogens with one attached hydrogen (secondary N) is 2. The molecule has 148 valence electrons. The highest BCUT2D eigenvalue weighted by Gasteiger charge is 2.25. The number of benzene rings is 2. The molecule has 1 aliphatic carbocycles. The van der Waals surface area contributed by atoms with Gasteiger partial charge in [0, 0.05) is 22.8 Å². The van der Waals surface area contributed by atoms with Gasteiger partial charge in [0.15, 0.2) is 0 Å². The van der Waals surface area contributed by atoms with E-state index in [4.69, 9.17) is 11.6 Å². The van der Waals surface area contributed by atoms with Crippen LogP contribution in [0.25, 0.3) is 11.0 Å². The zero-order valence-electron chi connectivity index (χ0n) is 15.4. The number of aromatic nitrogens is 2. The van der Waals surface area contributed by atoms with Crippen molar-refractivity contribution in [1.82, 2.24) is 9.55 Å². The molecule has 1 amide bonds. The Balaban J connectivity index is 1.58. The maximum absolute atomic E-state index is 14.1. The number of alkyl halides is 1. The number of rotatable bonds is 4. The summed E-state index contributed by atoms with van der Waals surface area (Å²) in [5.74, 6) is -0.115. The van der Waals surface area contributed by atoms with Crippen LogP contribution >= 0.6 is 27.5 Å². The van der Waals surface area contributed by atoms with Crippen LogP contribution in [0.15, 0.2) is 71.0 Å². The number of carbonyl (C=O) groups is 1. The molecule has 0 radical (unpaired) electrons. The van der Waals surface area contributed by atoms with Crippen LogP contribution in [0.1, 0.15) is 10.4 Å². The van der Waals surface area contributed by atoms with E-state index in [1.54, 1.807) is 28.9 Å². The second-order valence-corrected chi connectivity index (χ2v) is 8.08. The Kier molecular flexibility index (Phi) is 5.43. The Morgan fingerprint density at radius 2 is 2.00 bits per heavy atom. The third-order valence-corrected chi connectivity index (χ3v) is 5.62. The summed E-state index contributed by atoms with van der Waals surface area (Å²) < 4.78 is 16.9. The summed E-state index contributed by atoms with van der Waals surface area (Å²) in [5.41, 5.74) is 2.62. The molecular formula is C21H17BrClFN4O. The average molecular weight is 476 g/mol. The molecule has 1 aliphatic rings. The Labute approximate surface area is 180 Å². The molecule has 0 spiro atoms. The molecule has 2 unspecified atom stereocenters. The van der Waals surface area contributed by atoms with Crippen molar-refractivity contribution < 1.29 is 9.18 Å². The molecule has 2 atom stereocenters. The number of fused-ring (bicyclic) bond motifs is 1. The van der Waals surface area contributed by atoms with E-state index >= 15 is 0 Å². The Hall–Kier alpha value is -2.64. The predicted molar refractivity (Wildman–Crippen MR) is 118 cm³/mol. The van der Waals surface area contributed by atoms with Crippen LogP contribution in [0.2, 0.25) is 0 Å². The van der Waals surface area contributed by atoms with Gasteiger partial charge < -0.3 is 15.2 Å². The molecule has 0 bridgehead atoms. The quantitative estimate of drug-likeness (QED) is 0.497. The number of nitrogens with zero attached hydrogens (tertiary/aromatic N) is 2. The minimum Gasteiger partial charge on any atom is -0.345 e. The van der Waals surface area contributed by atoms with Gasteiger partial charge in [0.25, 0.3) is 5.91 Å². The third kappa shape index (κ3) is 4.06. The number of amides is 1. The van der Waals surface area contributed by atoms with E-state index in [0.717, 1.165) is 9.99 Å². The third-order valence-electron chi connectivity index (χ3n) is 4.70. The minimum absolute atomic E-state index is 0.235. The minimum atomic E-state index is -0.697. The van der Waals surface area contributed by atoms with Crippen molar-refractivity contribution in [2.45, 2.75) is 11.4 Å². The maximum Gasteiger partial charge on any atom is 0.255 e. The first-order valence-electron chi connectivity index (χ1n) is 8.90. The lowest BCUT2D eigenvalue weighted by Crippen LogP contribution is -2.32. The zero-order valence-corrected chi connectivity index (χ0v) is 17.7. The van der Waals surface area contributed by atoms with E-state index in [0.29, 0.717) is 22.7 Å². The van der Waals surface area contributed by atoms with Crippen molar-refractivity contribution in [3.8, 4) is 0 Å². The van der Waals surface area contributed by atoms with Crippen LogP contribution in [0, 0.1) is 0 Å². The molecule has 8 heteroatoms. The largest absolute Gasteiger partial charge is 0.345 e. The number of aryl methyl sites for hydroxylation is 1. The lowest BCUT2D eigenvalue weighted by Gasteiger charge is -2.22. The van der Waals surface area contributed by atoms with Gasteiger partial charge in [0.2, 0.25) is 5.95 Å². The van der Waals surface area contributed by atoms with Crippen LogP contribution in [-0.2, 0) is 7.05 Å². The van der Waals surface area contributed by atoms with Gasteiger partial charge in [0.05, 0.1) is 16.4 Å². The number of anilines is 2. The molecule has 3 aromatic rings. The van der Waals surface area contributed by atoms with Gasteiger partial charge in [-0.25, -0.2) is 9.37 Å². The Morgan fingerprint density at radius 3 is 2.72 bits per heavy atom. The second kappa shape index (κ2) is 8.00. The van der Waals surface area contributed by atoms with Crippen molar-refractivity contribution >= 4 is 56.1 Å². The molecule has 29 heavy (non-hydrogen) atoms. The number of carbonyl (C=O) groups excluding carboxylic acids is 1. The summed E-state index contributed by atoms with van der Waals surface area (Å²) in [4.78, 5) is 17.1. The first kappa shape index (κ1) is 19.7. The van der Waals surface area contributed by atoms with E-state index in [2.05, 4.69) is 31.5 Å². The Bertz CT molecular complexity index is 1140. The fourth-order valence-corrected chi connectivity index (χ4v) is 3.65. The maximum atomic E-state index is 14.1. The molecule has 0 saturated carbocycles. The van der Waals surface area contributed by atoms with Crippen LogP contribution in [0.4, 0.5) is 16.0 Å². The number of hydrogen-bond donors (Lipinski definition) is 2. The van der Waals surface area contributed by atoms with Crippen molar-refractivity contribution in [3.05, 3.63) is 76.6 Å². The highest BCUT2D eigenvalue weighted by Crippen LogP contribution is 2.26. The van der Waals surface area contributed by atoms with Crippen LogP contribution in [-0.4, -0.2) is 26.9 Å². The fraction of sp³-hybridized carbons (Fsp3) is 0.143. The van der Waals surface area contributed by atoms with Gasteiger partial charge in [-0.3, -0.25) is 4.79 Å². The van der Waals surface area contributed by atoms with Gasteiger partial charge in [0.1, 0.15) is 11.9 Å². The van der Waals surface area contributed by atoms with Crippen LogP contribution < -0.4 is 10.6 Å². The average Bonchev–Trinajstić information content (AvgIpc) is 3.01. The number of hydrogen-bond acceptors (Lipinski definition) is 3. The molecule has 0 saturated heterocycles. The molecule has 1 aromatic heterocycles. The summed E-state index contributed by atoms with van der Waals surface area (Å²) in [6.45, 7) is 0. The molecule has 5 nitrogen and oxygen atoms in total. The van der Waals surface area contributed by atoms with Gasteiger partial charge in [-0.05, 0) is 48.5 Å². The van der Waals surface area contributed by atoms with Crippen molar-refractivity contribution in [1.29, 1.82) is 0 Å². The number of halogens is 3. The van der Waals surface area contributed by atoms with Gasteiger partial charge in [-0.2, -0.15) is 0 Å². The van der Waals surface area contributed by atoms with Crippen molar-refractivity contribution in [3.63, 3.8) is 0 Å². The van der Waals surface area contributed by atoms with E-state index in [1.807, 2.05) is 37.4 Å². The van der Waals surface area contributed by atoms with E-state index < -0.39 is 11.4 Å². The highest BCUT2D eigenvalue weighted by molar-refractivity contribution is 9.10.